The highest BCUT2D eigenvalue weighted by molar-refractivity contribution is 6.36. The van der Waals surface area contributed by atoms with Gasteiger partial charge in [0.05, 0.1) is 14.2 Å². The van der Waals surface area contributed by atoms with Crippen molar-refractivity contribution in [1.29, 1.82) is 0 Å². The summed E-state index contributed by atoms with van der Waals surface area (Å²) in [5.74, 6) is -0.750. The Morgan fingerprint density at radius 2 is 1.86 bits per heavy atom. The van der Waals surface area contributed by atoms with Crippen LogP contribution in [0, 0.1) is 5.92 Å². The number of nitrogens with one attached hydrogen (secondary N) is 3. The average molecular weight is 506 g/mol. The van der Waals surface area contributed by atoms with Gasteiger partial charge in [0.15, 0.2) is 5.75 Å². The van der Waals surface area contributed by atoms with Crippen LogP contribution in [0.15, 0.2) is 17.8 Å². The minimum Gasteiger partial charge on any atom is -0.496 e. The Morgan fingerprint density at radius 3 is 2.51 bits per heavy atom. The summed E-state index contributed by atoms with van der Waals surface area (Å²) < 4.78 is 16.7. The molecule has 4 rings (SSSR count). The number of ketones is 2. The van der Waals surface area contributed by atoms with Crippen LogP contribution in [-0.4, -0.2) is 56.5 Å². The van der Waals surface area contributed by atoms with Crippen LogP contribution in [0.25, 0.3) is 0 Å². The van der Waals surface area contributed by atoms with E-state index in [2.05, 4.69) is 16.0 Å². The highest BCUT2D eigenvalue weighted by Crippen LogP contribution is 2.52. The molecule has 1 aliphatic heterocycles. The second kappa shape index (κ2) is 10.4. The molecular weight excluding hydrogens is 474 g/mol. The zero-order valence-electron chi connectivity index (χ0n) is 20.3. The molecule has 0 radical (unpaired) electrons. The van der Waals surface area contributed by atoms with E-state index in [9.17, 15) is 14.4 Å². The lowest BCUT2D eigenvalue weighted by Crippen LogP contribution is -2.55. The maximum absolute atomic E-state index is 13.5. The van der Waals surface area contributed by atoms with E-state index >= 15 is 0 Å². The van der Waals surface area contributed by atoms with Crippen LogP contribution < -0.4 is 30.2 Å². The topological polar surface area (TPSA) is 115 Å². The quantitative estimate of drug-likeness (QED) is 0.384. The first-order chi connectivity index (χ1) is 16.8. The number of rotatable bonds is 7. The van der Waals surface area contributed by atoms with Gasteiger partial charge >= 0.3 is 6.03 Å². The van der Waals surface area contributed by atoms with Crippen molar-refractivity contribution >= 4 is 29.2 Å². The second-order valence-corrected chi connectivity index (χ2v) is 9.64. The van der Waals surface area contributed by atoms with E-state index in [-0.39, 0.29) is 34.2 Å². The fraction of sp³-hybridized carbons (Fsp3) is 0.560. The van der Waals surface area contributed by atoms with Crippen molar-refractivity contribution in [2.75, 3.05) is 27.3 Å². The molecule has 2 aliphatic carbocycles. The van der Waals surface area contributed by atoms with Crippen LogP contribution in [0.3, 0.4) is 0 Å². The molecule has 35 heavy (non-hydrogen) atoms. The van der Waals surface area contributed by atoms with Crippen molar-refractivity contribution < 1.29 is 28.6 Å². The molecule has 1 spiro atoms. The third-order valence-electron chi connectivity index (χ3n) is 7.01. The Balaban J connectivity index is 1.39. The first-order valence-corrected chi connectivity index (χ1v) is 12.4. The first-order valence-electron chi connectivity index (χ1n) is 12.0. The summed E-state index contributed by atoms with van der Waals surface area (Å²) in [6.45, 7) is 2.64. The maximum atomic E-state index is 13.5. The molecule has 1 aromatic carbocycles. The molecule has 0 saturated heterocycles. The van der Waals surface area contributed by atoms with Crippen molar-refractivity contribution in [3.63, 3.8) is 0 Å². The number of carbonyl (C=O) groups excluding carboxylic acids is 3. The van der Waals surface area contributed by atoms with Crippen molar-refractivity contribution in [3.05, 3.63) is 28.4 Å². The van der Waals surface area contributed by atoms with Crippen molar-refractivity contribution in [2.45, 2.75) is 57.1 Å². The van der Waals surface area contributed by atoms with Gasteiger partial charge in [-0.05, 0) is 19.3 Å². The SMILES string of the molecule is COc1cc(OC)c2c(c1Cl)OC1(C(=O)C=C(NCCNC(=O)NC3CCCCC3)CC1C)C2=O. The largest absolute Gasteiger partial charge is 0.496 e. The van der Waals surface area contributed by atoms with Gasteiger partial charge in [-0.15, -0.1) is 0 Å². The number of Topliss-reactive ketones (excluding diaryl/α,β-unsaturated/α-hetero) is 1. The second-order valence-electron chi connectivity index (χ2n) is 9.27. The number of ether oxygens (including phenoxy) is 3. The number of fused-ring (bicyclic) bond motifs is 1. The highest BCUT2D eigenvalue weighted by Gasteiger charge is 2.60. The molecule has 1 aromatic rings. The van der Waals surface area contributed by atoms with E-state index < -0.39 is 23.1 Å². The van der Waals surface area contributed by atoms with Gasteiger partial charge in [0.25, 0.3) is 0 Å². The summed E-state index contributed by atoms with van der Waals surface area (Å²) in [7, 11) is 2.88. The zero-order chi connectivity index (χ0) is 25.2. The average Bonchev–Trinajstić information content (AvgIpc) is 3.16. The Labute approximate surface area is 209 Å². The summed E-state index contributed by atoms with van der Waals surface area (Å²) in [5, 5.41) is 9.17. The molecule has 0 bridgehead atoms. The molecular formula is C25H32ClN3O6. The maximum Gasteiger partial charge on any atom is 0.315 e. The summed E-state index contributed by atoms with van der Waals surface area (Å²) in [6.07, 6.45) is 7.40. The van der Waals surface area contributed by atoms with Crippen LogP contribution >= 0.6 is 11.6 Å². The summed E-state index contributed by atoms with van der Waals surface area (Å²) >= 11 is 6.41. The molecule has 2 amide bonds. The molecule has 1 heterocycles. The predicted octanol–water partition coefficient (Wildman–Crippen LogP) is 3.39. The molecule has 190 valence electrons. The summed E-state index contributed by atoms with van der Waals surface area (Å²) in [6, 6.07) is 1.58. The molecule has 1 fully saturated rings. The van der Waals surface area contributed by atoms with Crippen LogP contribution in [0.1, 0.15) is 55.8 Å². The zero-order valence-corrected chi connectivity index (χ0v) is 21.0. The van der Waals surface area contributed by atoms with Crippen LogP contribution in [0.5, 0.6) is 17.2 Å². The number of carbonyl (C=O) groups is 3. The van der Waals surface area contributed by atoms with E-state index in [1.807, 2.05) is 0 Å². The Kier molecular flexibility index (Phi) is 7.44. The van der Waals surface area contributed by atoms with Gasteiger partial charge in [0.1, 0.15) is 22.1 Å². The van der Waals surface area contributed by atoms with Gasteiger partial charge in [-0.25, -0.2) is 4.79 Å². The number of benzene rings is 1. The third kappa shape index (κ3) is 4.66. The molecule has 2 unspecified atom stereocenters. The van der Waals surface area contributed by atoms with Gasteiger partial charge in [0.2, 0.25) is 17.2 Å². The predicted molar refractivity (Wildman–Crippen MR) is 131 cm³/mol. The summed E-state index contributed by atoms with van der Waals surface area (Å²) in [5.41, 5.74) is -0.864. The third-order valence-corrected chi connectivity index (χ3v) is 7.37. The van der Waals surface area contributed by atoms with E-state index in [0.29, 0.717) is 31.0 Å². The smallest absolute Gasteiger partial charge is 0.315 e. The first kappa shape index (κ1) is 25.2. The number of amides is 2. The van der Waals surface area contributed by atoms with Crippen molar-refractivity contribution in [1.82, 2.24) is 16.0 Å². The fourth-order valence-corrected chi connectivity index (χ4v) is 5.40. The number of halogens is 1. The number of hydrogen-bond donors (Lipinski definition) is 3. The number of methoxy groups -OCH3 is 2. The lowest BCUT2D eigenvalue weighted by Gasteiger charge is -2.35. The minimum atomic E-state index is -1.70. The Morgan fingerprint density at radius 1 is 1.14 bits per heavy atom. The van der Waals surface area contributed by atoms with Gasteiger partial charge in [-0.2, -0.15) is 0 Å². The Bertz CT molecular complexity index is 1050. The van der Waals surface area contributed by atoms with Gasteiger partial charge in [-0.3, -0.25) is 9.59 Å². The highest BCUT2D eigenvalue weighted by atomic mass is 35.5. The van der Waals surface area contributed by atoms with E-state index in [1.165, 1.54) is 32.8 Å². The summed E-state index contributed by atoms with van der Waals surface area (Å²) in [4.78, 5) is 38.9. The molecule has 1 saturated carbocycles. The lowest BCUT2D eigenvalue weighted by molar-refractivity contribution is -0.129. The van der Waals surface area contributed by atoms with Gasteiger partial charge in [-0.1, -0.05) is 37.8 Å². The molecule has 0 aromatic heterocycles. The van der Waals surface area contributed by atoms with E-state index in [1.54, 1.807) is 6.92 Å². The molecule has 9 nitrogen and oxygen atoms in total. The molecule has 3 N–H and O–H groups in total. The molecule has 10 heteroatoms. The van der Waals surface area contributed by atoms with Gasteiger partial charge < -0.3 is 30.2 Å². The number of allylic oxidation sites excluding steroid dienone is 1. The van der Waals surface area contributed by atoms with Crippen LogP contribution in [0.4, 0.5) is 4.79 Å². The lowest BCUT2D eigenvalue weighted by atomic mass is 9.74. The van der Waals surface area contributed by atoms with Crippen molar-refractivity contribution in [2.24, 2.45) is 5.92 Å². The normalized spacial score (nSPS) is 23.9. The standard InChI is InChI=1S/C25H32ClN3O6/c1-14-11-16(27-9-10-28-24(32)29-15-7-5-4-6-8-15)12-19(30)25(14)23(31)20-17(33-2)13-18(34-3)21(26)22(20)35-25/h12-15,27H,4-11H2,1-3H3,(H2,28,29,32). The van der Waals surface area contributed by atoms with Crippen LogP contribution in [-0.2, 0) is 4.79 Å². The van der Waals surface area contributed by atoms with Crippen molar-refractivity contribution in [3.8, 4) is 17.2 Å². The van der Waals surface area contributed by atoms with Crippen LogP contribution in [0.2, 0.25) is 5.02 Å². The molecule has 3 aliphatic rings. The van der Waals surface area contributed by atoms with Gasteiger partial charge in [0, 0.05) is 42.9 Å². The minimum absolute atomic E-state index is 0.103. The van der Waals surface area contributed by atoms with E-state index in [0.717, 1.165) is 25.7 Å². The monoisotopic (exact) mass is 505 g/mol. The fourth-order valence-electron chi connectivity index (χ4n) is 5.13. The van der Waals surface area contributed by atoms with E-state index in [4.69, 9.17) is 25.8 Å². The molecule has 2 atom stereocenters. The number of hydrogen-bond acceptors (Lipinski definition) is 7. The Hall–Kier alpha value is -2.94. The number of urea groups is 1.